The van der Waals surface area contributed by atoms with Crippen molar-refractivity contribution < 1.29 is 4.79 Å². The number of alkyl halides is 2. The predicted octanol–water partition coefficient (Wildman–Crippen LogP) is 6.53. The largest absolute Gasteiger partial charge is 0.369 e. The third-order valence-corrected chi connectivity index (χ3v) is 5.26. The number of aromatic nitrogens is 1. The highest BCUT2D eigenvalue weighted by Crippen LogP contribution is 2.24. The molecule has 0 aliphatic heterocycles. The fourth-order valence-electron chi connectivity index (χ4n) is 3.33. The van der Waals surface area contributed by atoms with E-state index in [9.17, 15) is 4.79 Å². The molecule has 0 unspecified atom stereocenters. The van der Waals surface area contributed by atoms with Crippen LogP contribution in [-0.4, -0.2) is 35.7 Å². The van der Waals surface area contributed by atoms with Gasteiger partial charge in [-0.25, -0.2) is 4.98 Å². The quantitative estimate of drug-likeness (QED) is 0.273. The molecule has 0 spiro atoms. The molecule has 1 heterocycles. The van der Waals surface area contributed by atoms with Crippen LogP contribution in [-0.2, 0) is 0 Å². The van der Waals surface area contributed by atoms with Crippen molar-refractivity contribution in [1.82, 2.24) is 4.98 Å². The highest BCUT2D eigenvalue weighted by atomic mass is 35.5. The van der Waals surface area contributed by atoms with Gasteiger partial charge in [-0.1, -0.05) is 49.6 Å². The first-order chi connectivity index (χ1) is 15.6. The van der Waals surface area contributed by atoms with E-state index in [1.165, 1.54) is 0 Å². The lowest BCUT2D eigenvalue weighted by molar-refractivity contribution is 0.102. The van der Waals surface area contributed by atoms with Crippen molar-refractivity contribution in [2.24, 2.45) is 0 Å². The Hall–Kier alpha value is -3.08. The minimum absolute atomic E-state index is 0.212. The Morgan fingerprint density at radius 3 is 2.41 bits per heavy atom. The number of pyridine rings is 1. The number of fused-ring (bicyclic) bond motifs is 1. The molecule has 0 aliphatic carbocycles. The number of rotatable bonds is 10. The molecule has 0 saturated carbocycles. The van der Waals surface area contributed by atoms with Gasteiger partial charge >= 0.3 is 0 Å². The van der Waals surface area contributed by atoms with E-state index in [0.717, 1.165) is 16.6 Å². The van der Waals surface area contributed by atoms with Gasteiger partial charge in [0, 0.05) is 41.6 Å². The van der Waals surface area contributed by atoms with E-state index in [4.69, 9.17) is 23.2 Å². The maximum absolute atomic E-state index is 13.2. The van der Waals surface area contributed by atoms with Gasteiger partial charge in [0.2, 0.25) is 0 Å². The molecule has 1 aromatic heterocycles. The summed E-state index contributed by atoms with van der Waals surface area (Å²) in [5.74, 6) is 0.816. The topological polar surface area (TPSA) is 45.2 Å². The number of halogens is 2. The highest BCUT2D eigenvalue weighted by molar-refractivity contribution is 6.18. The van der Waals surface area contributed by atoms with Gasteiger partial charge in [0.05, 0.1) is 16.8 Å². The second-order valence-corrected chi connectivity index (χ2v) is 7.81. The Morgan fingerprint density at radius 2 is 1.75 bits per heavy atom. The van der Waals surface area contributed by atoms with Crippen molar-refractivity contribution in [2.75, 3.05) is 35.1 Å². The van der Waals surface area contributed by atoms with E-state index in [1.807, 2.05) is 54.6 Å². The third-order valence-electron chi connectivity index (χ3n) is 4.92. The first-order valence-corrected chi connectivity index (χ1v) is 11.3. The minimum atomic E-state index is -0.212. The summed E-state index contributed by atoms with van der Waals surface area (Å²) in [5.41, 5.74) is 4.31. The van der Waals surface area contributed by atoms with E-state index >= 15 is 0 Å². The molecular formula is C26H25Cl2N3O. The number of hydrogen-bond donors (Lipinski definition) is 1. The number of hydrogen-bond acceptors (Lipinski definition) is 3. The Balaban J connectivity index is 1.88. The Bertz CT molecular complexity index is 1130. The first kappa shape index (κ1) is 23.6. The normalized spacial score (nSPS) is 10.9. The molecule has 3 aromatic rings. The summed E-state index contributed by atoms with van der Waals surface area (Å²) in [7, 11) is 0. The van der Waals surface area contributed by atoms with Crippen molar-refractivity contribution in [3.05, 3.63) is 97.2 Å². The zero-order valence-electron chi connectivity index (χ0n) is 17.7. The van der Waals surface area contributed by atoms with Crippen LogP contribution in [0.15, 0.2) is 86.0 Å². The highest BCUT2D eigenvalue weighted by Gasteiger charge is 2.14. The van der Waals surface area contributed by atoms with Crippen LogP contribution in [0.4, 0.5) is 11.4 Å². The lowest BCUT2D eigenvalue weighted by Gasteiger charge is -2.23. The molecule has 0 radical (unpaired) electrons. The standard InChI is InChI=1S/C26H25Cl2N3O/c1-3-4-7-19(2)25-18-23(22-8-5-6-9-24(22)30-25)26(32)29-20-10-12-21(13-11-20)31(16-14-27)17-15-28/h3-13,18H,1-2,14-17H2,(H,29,32)/b7-4-. The summed E-state index contributed by atoms with van der Waals surface area (Å²) in [5, 5.41) is 3.77. The number of nitrogens with zero attached hydrogens (tertiary/aromatic N) is 2. The summed E-state index contributed by atoms with van der Waals surface area (Å²) in [6, 6.07) is 17.0. The number of benzene rings is 2. The van der Waals surface area contributed by atoms with Gasteiger partial charge in [0.1, 0.15) is 0 Å². The van der Waals surface area contributed by atoms with E-state index in [2.05, 4.69) is 28.4 Å². The SMILES string of the molecule is C=C/C=C\C(=C)c1cc(C(=O)Nc2ccc(N(CCCl)CCCl)cc2)c2ccccc2n1. The van der Waals surface area contributed by atoms with E-state index in [0.29, 0.717) is 47.4 Å². The molecule has 32 heavy (non-hydrogen) atoms. The fraction of sp³-hybridized carbons (Fsp3) is 0.154. The zero-order valence-corrected chi connectivity index (χ0v) is 19.2. The van der Waals surface area contributed by atoms with Gasteiger partial charge in [-0.15, -0.1) is 23.2 Å². The fourth-order valence-corrected chi connectivity index (χ4v) is 3.73. The van der Waals surface area contributed by atoms with Crippen LogP contribution in [0.5, 0.6) is 0 Å². The van der Waals surface area contributed by atoms with Crippen LogP contribution in [0.3, 0.4) is 0 Å². The zero-order chi connectivity index (χ0) is 22.9. The second kappa shape index (κ2) is 11.5. The summed E-state index contributed by atoms with van der Waals surface area (Å²) in [6.45, 7) is 9.14. The number of anilines is 2. The molecule has 3 rings (SSSR count). The maximum atomic E-state index is 13.2. The molecule has 6 heteroatoms. The molecule has 0 atom stereocenters. The van der Waals surface area contributed by atoms with Gasteiger partial charge in [0.25, 0.3) is 5.91 Å². The van der Waals surface area contributed by atoms with Crippen LogP contribution in [0.2, 0.25) is 0 Å². The number of carbonyl (C=O) groups is 1. The van der Waals surface area contributed by atoms with Crippen LogP contribution >= 0.6 is 23.2 Å². The molecule has 0 fully saturated rings. The van der Waals surface area contributed by atoms with Gasteiger partial charge in [-0.3, -0.25) is 4.79 Å². The molecule has 0 aliphatic rings. The minimum Gasteiger partial charge on any atom is -0.369 e. The van der Waals surface area contributed by atoms with E-state index < -0.39 is 0 Å². The molecule has 4 nitrogen and oxygen atoms in total. The number of carbonyl (C=O) groups excluding carboxylic acids is 1. The third kappa shape index (κ3) is 5.78. The summed E-state index contributed by atoms with van der Waals surface area (Å²) >= 11 is 11.8. The van der Waals surface area contributed by atoms with Crippen molar-refractivity contribution in [3.8, 4) is 0 Å². The Labute approximate surface area is 198 Å². The van der Waals surface area contributed by atoms with Crippen molar-refractivity contribution in [3.63, 3.8) is 0 Å². The Morgan fingerprint density at radius 1 is 1.06 bits per heavy atom. The van der Waals surface area contributed by atoms with Crippen molar-refractivity contribution in [1.29, 1.82) is 0 Å². The molecule has 0 saturated heterocycles. The average Bonchev–Trinajstić information content (AvgIpc) is 2.82. The van der Waals surface area contributed by atoms with E-state index in [1.54, 1.807) is 18.2 Å². The number of para-hydroxylation sites is 1. The summed E-state index contributed by atoms with van der Waals surface area (Å²) in [4.78, 5) is 20.0. The molecule has 164 valence electrons. The number of allylic oxidation sites excluding steroid dienone is 4. The molecule has 1 N–H and O–H groups in total. The van der Waals surface area contributed by atoms with Crippen LogP contribution in [0.1, 0.15) is 16.1 Å². The maximum Gasteiger partial charge on any atom is 0.256 e. The summed E-state index contributed by atoms with van der Waals surface area (Å²) < 4.78 is 0. The second-order valence-electron chi connectivity index (χ2n) is 7.06. The lowest BCUT2D eigenvalue weighted by atomic mass is 10.0. The Kier molecular flexibility index (Phi) is 8.48. The number of amides is 1. The average molecular weight is 466 g/mol. The van der Waals surface area contributed by atoms with Gasteiger partial charge in [0.15, 0.2) is 0 Å². The van der Waals surface area contributed by atoms with Gasteiger partial charge in [-0.2, -0.15) is 0 Å². The van der Waals surface area contributed by atoms with Crippen molar-refractivity contribution >= 4 is 57.0 Å². The molecule has 1 amide bonds. The van der Waals surface area contributed by atoms with E-state index in [-0.39, 0.29) is 5.91 Å². The van der Waals surface area contributed by atoms with Crippen LogP contribution in [0.25, 0.3) is 16.5 Å². The molecule has 0 bridgehead atoms. The molecular weight excluding hydrogens is 441 g/mol. The monoisotopic (exact) mass is 465 g/mol. The van der Waals surface area contributed by atoms with Crippen molar-refractivity contribution in [2.45, 2.75) is 0 Å². The first-order valence-electron chi connectivity index (χ1n) is 10.2. The van der Waals surface area contributed by atoms with Gasteiger partial charge in [-0.05, 0) is 42.0 Å². The smallest absolute Gasteiger partial charge is 0.256 e. The lowest BCUT2D eigenvalue weighted by Crippen LogP contribution is -2.27. The number of nitrogens with one attached hydrogen (secondary N) is 1. The predicted molar refractivity (Wildman–Crippen MR) is 138 cm³/mol. The summed E-state index contributed by atoms with van der Waals surface area (Å²) in [6.07, 6.45) is 5.28. The van der Waals surface area contributed by atoms with Gasteiger partial charge < -0.3 is 10.2 Å². The van der Waals surface area contributed by atoms with Crippen LogP contribution in [0, 0.1) is 0 Å². The van der Waals surface area contributed by atoms with Crippen LogP contribution < -0.4 is 10.2 Å². The molecule has 2 aromatic carbocycles.